The summed E-state index contributed by atoms with van der Waals surface area (Å²) in [6, 6.07) is 13.1. The molecule has 0 spiro atoms. The first-order valence-electron chi connectivity index (χ1n) is 9.53. The monoisotopic (exact) mass is 411 g/mol. The highest BCUT2D eigenvalue weighted by Gasteiger charge is 2.21. The van der Waals surface area contributed by atoms with Gasteiger partial charge in [-0.1, -0.05) is 37.6 Å². The van der Waals surface area contributed by atoms with Gasteiger partial charge in [0.25, 0.3) is 5.91 Å². The molecule has 1 aromatic heterocycles. The van der Waals surface area contributed by atoms with E-state index >= 15 is 0 Å². The van der Waals surface area contributed by atoms with Gasteiger partial charge >= 0.3 is 0 Å². The van der Waals surface area contributed by atoms with E-state index in [1.165, 1.54) is 0 Å². The lowest BCUT2D eigenvalue weighted by Crippen LogP contribution is -2.24. The van der Waals surface area contributed by atoms with Crippen molar-refractivity contribution in [2.75, 3.05) is 13.2 Å². The molecule has 0 saturated heterocycles. The normalized spacial score (nSPS) is 12.8. The Morgan fingerprint density at radius 1 is 1.17 bits per heavy atom. The Balaban J connectivity index is 1.54. The van der Waals surface area contributed by atoms with Crippen LogP contribution in [0, 0.1) is 0 Å². The van der Waals surface area contributed by atoms with E-state index in [1.807, 2.05) is 56.3 Å². The molecule has 1 amide bonds. The zero-order valence-electron chi connectivity index (χ0n) is 16.3. The van der Waals surface area contributed by atoms with E-state index in [1.54, 1.807) is 10.9 Å². The number of hydrogen-bond donors (Lipinski definition) is 1. The molecule has 0 radical (unpaired) electrons. The SMILES string of the molecule is CC(C)c1c(C(=O)NCc2ccc3c(c2)OCCO3)cnn1-c1cccc(Cl)c1. The molecular weight excluding hydrogens is 390 g/mol. The first-order valence-corrected chi connectivity index (χ1v) is 9.91. The number of ether oxygens (including phenoxy) is 2. The van der Waals surface area contributed by atoms with Crippen LogP contribution < -0.4 is 14.8 Å². The van der Waals surface area contributed by atoms with Gasteiger partial charge in [-0.05, 0) is 41.8 Å². The molecular formula is C22H22ClN3O3. The molecule has 0 unspecified atom stereocenters. The average molecular weight is 412 g/mol. The van der Waals surface area contributed by atoms with E-state index in [2.05, 4.69) is 10.4 Å². The molecule has 3 aromatic rings. The van der Waals surface area contributed by atoms with Crippen LogP contribution in [0.1, 0.15) is 41.4 Å². The van der Waals surface area contributed by atoms with Crippen molar-refractivity contribution in [3.05, 3.63) is 70.5 Å². The highest BCUT2D eigenvalue weighted by Crippen LogP contribution is 2.31. The molecule has 1 N–H and O–H groups in total. The lowest BCUT2D eigenvalue weighted by Gasteiger charge is -2.19. The molecule has 2 aromatic carbocycles. The maximum Gasteiger partial charge on any atom is 0.255 e. The predicted octanol–water partition coefficient (Wildman–Crippen LogP) is 4.35. The van der Waals surface area contributed by atoms with Gasteiger partial charge < -0.3 is 14.8 Å². The average Bonchev–Trinajstić information content (AvgIpc) is 3.17. The number of nitrogens with zero attached hydrogens (tertiary/aromatic N) is 2. The van der Waals surface area contributed by atoms with Crippen molar-refractivity contribution >= 4 is 17.5 Å². The number of nitrogens with one attached hydrogen (secondary N) is 1. The van der Waals surface area contributed by atoms with E-state index in [0.29, 0.717) is 36.1 Å². The van der Waals surface area contributed by atoms with Crippen LogP contribution in [-0.4, -0.2) is 28.9 Å². The summed E-state index contributed by atoms with van der Waals surface area (Å²) in [7, 11) is 0. The fourth-order valence-electron chi connectivity index (χ4n) is 3.38. The number of amides is 1. The summed E-state index contributed by atoms with van der Waals surface area (Å²) >= 11 is 6.12. The number of rotatable bonds is 5. The molecule has 6 nitrogen and oxygen atoms in total. The lowest BCUT2D eigenvalue weighted by molar-refractivity contribution is 0.0949. The van der Waals surface area contributed by atoms with Gasteiger partial charge in [0.15, 0.2) is 11.5 Å². The van der Waals surface area contributed by atoms with Gasteiger partial charge in [-0.25, -0.2) is 4.68 Å². The minimum absolute atomic E-state index is 0.103. The number of carbonyl (C=O) groups is 1. The van der Waals surface area contributed by atoms with Gasteiger partial charge in [-0.2, -0.15) is 5.10 Å². The lowest BCUT2D eigenvalue weighted by atomic mass is 10.0. The third kappa shape index (κ3) is 4.07. The summed E-state index contributed by atoms with van der Waals surface area (Å²) in [4.78, 5) is 12.9. The van der Waals surface area contributed by atoms with Crippen LogP contribution in [-0.2, 0) is 6.54 Å². The quantitative estimate of drug-likeness (QED) is 0.677. The van der Waals surface area contributed by atoms with Gasteiger partial charge in [0, 0.05) is 11.6 Å². The summed E-state index contributed by atoms with van der Waals surface area (Å²) < 4.78 is 12.9. The molecule has 1 aliphatic rings. The summed E-state index contributed by atoms with van der Waals surface area (Å²) in [6.07, 6.45) is 1.61. The fraction of sp³-hybridized carbons (Fsp3) is 0.273. The summed E-state index contributed by atoms with van der Waals surface area (Å²) in [5.41, 5.74) is 3.16. The third-order valence-electron chi connectivity index (χ3n) is 4.71. The Morgan fingerprint density at radius 2 is 1.97 bits per heavy atom. The number of fused-ring (bicyclic) bond motifs is 1. The van der Waals surface area contributed by atoms with Crippen LogP contribution in [0.5, 0.6) is 11.5 Å². The minimum atomic E-state index is -0.170. The molecule has 1 aliphatic heterocycles. The van der Waals surface area contributed by atoms with E-state index < -0.39 is 0 Å². The second kappa shape index (κ2) is 8.17. The first-order chi connectivity index (χ1) is 14.0. The summed E-state index contributed by atoms with van der Waals surface area (Å²) in [6.45, 7) is 5.54. The Hall–Kier alpha value is -2.99. The van der Waals surface area contributed by atoms with Crippen LogP contribution in [0.25, 0.3) is 5.69 Å². The van der Waals surface area contributed by atoms with Crippen molar-refractivity contribution in [1.82, 2.24) is 15.1 Å². The molecule has 0 fully saturated rings. The van der Waals surface area contributed by atoms with Gasteiger partial charge in [0.05, 0.1) is 23.1 Å². The molecule has 29 heavy (non-hydrogen) atoms. The smallest absolute Gasteiger partial charge is 0.255 e. The Morgan fingerprint density at radius 3 is 2.72 bits per heavy atom. The maximum absolute atomic E-state index is 12.9. The molecule has 0 bridgehead atoms. The maximum atomic E-state index is 12.9. The van der Waals surface area contributed by atoms with Crippen LogP contribution in [0.4, 0.5) is 0 Å². The first kappa shape index (κ1) is 19.3. The number of carbonyl (C=O) groups excluding carboxylic acids is 1. The molecule has 4 rings (SSSR count). The highest BCUT2D eigenvalue weighted by atomic mass is 35.5. The Bertz CT molecular complexity index is 1050. The van der Waals surface area contributed by atoms with E-state index in [4.69, 9.17) is 21.1 Å². The summed E-state index contributed by atoms with van der Waals surface area (Å²) in [5, 5.41) is 8.04. The fourth-order valence-corrected chi connectivity index (χ4v) is 3.56. The second-order valence-corrected chi connectivity index (χ2v) is 7.59. The van der Waals surface area contributed by atoms with Crippen molar-refractivity contribution in [2.45, 2.75) is 26.3 Å². The van der Waals surface area contributed by atoms with Gasteiger partial charge in [0.2, 0.25) is 0 Å². The third-order valence-corrected chi connectivity index (χ3v) is 4.95. The van der Waals surface area contributed by atoms with Crippen molar-refractivity contribution in [3.8, 4) is 17.2 Å². The number of aromatic nitrogens is 2. The molecule has 0 saturated carbocycles. The van der Waals surface area contributed by atoms with Crippen LogP contribution in [0.3, 0.4) is 0 Å². The van der Waals surface area contributed by atoms with Crippen molar-refractivity contribution < 1.29 is 14.3 Å². The zero-order chi connectivity index (χ0) is 20.4. The number of benzene rings is 2. The number of hydrogen-bond acceptors (Lipinski definition) is 4. The highest BCUT2D eigenvalue weighted by molar-refractivity contribution is 6.30. The van der Waals surface area contributed by atoms with Crippen molar-refractivity contribution in [2.24, 2.45) is 0 Å². The standard InChI is InChI=1S/C22H22ClN3O3/c1-14(2)21-18(13-25-26(21)17-5-3-4-16(23)11-17)22(27)24-12-15-6-7-19-20(10-15)29-9-8-28-19/h3-7,10-11,13-14H,8-9,12H2,1-2H3,(H,24,27). The largest absolute Gasteiger partial charge is 0.486 e. The van der Waals surface area contributed by atoms with Gasteiger partial charge in [-0.3, -0.25) is 4.79 Å². The molecule has 7 heteroatoms. The Kier molecular flexibility index (Phi) is 5.45. The summed E-state index contributed by atoms with van der Waals surface area (Å²) in [5.74, 6) is 1.37. The van der Waals surface area contributed by atoms with E-state index in [-0.39, 0.29) is 11.8 Å². The zero-order valence-corrected chi connectivity index (χ0v) is 17.1. The molecule has 2 heterocycles. The Labute approximate surface area is 174 Å². The number of halogens is 1. The molecule has 0 aliphatic carbocycles. The topological polar surface area (TPSA) is 65.4 Å². The van der Waals surface area contributed by atoms with Crippen LogP contribution in [0.15, 0.2) is 48.7 Å². The van der Waals surface area contributed by atoms with E-state index in [0.717, 1.165) is 22.7 Å². The minimum Gasteiger partial charge on any atom is -0.486 e. The predicted molar refractivity (Wildman–Crippen MR) is 111 cm³/mol. The second-order valence-electron chi connectivity index (χ2n) is 7.15. The van der Waals surface area contributed by atoms with Crippen LogP contribution >= 0.6 is 11.6 Å². The van der Waals surface area contributed by atoms with Crippen molar-refractivity contribution in [1.29, 1.82) is 0 Å². The molecule has 0 atom stereocenters. The molecule has 150 valence electrons. The van der Waals surface area contributed by atoms with E-state index in [9.17, 15) is 4.79 Å². The van der Waals surface area contributed by atoms with Crippen LogP contribution in [0.2, 0.25) is 5.02 Å². The van der Waals surface area contributed by atoms with Gasteiger partial charge in [-0.15, -0.1) is 0 Å². The van der Waals surface area contributed by atoms with Gasteiger partial charge in [0.1, 0.15) is 13.2 Å². The van der Waals surface area contributed by atoms with Crippen molar-refractivity contribution in [3.63, 3.8) is 0 Å².